The number of primary amides is 2. The second-order valence-electron chi connectivity index (χ2n) is 0.830. The molecular weight excluding hydrogens is 175 g/mol. The van der Waals surface area contributed by atoms with Crippen LogP contribution in [0.4, 0.5) is 4.79 Å². The number of hydrogen-bond acceptors (Lipinski definition) is 4. The maximum atomic E-state index is 9.00. The van der Waals surface area contributed by atoms with Gasteiger partial charge < -0.3 is 16.0 Å². The van der Waals surface area contributed by atoms with Gasteiger partial charge in [-0.3, -0.25) is 4.55 Å². The SMILES string of the molecule is NC(N)=O.O=S(=O)([O-])O.[Na+]. The minimum absolute atomic E-state index is 0. The minimum Gasteiger partial charge on any atom is -0.726 e. The molecule has 0 heterocycles. The van der Waals surface area contributed by atoms with E-state index >= 15 is 0 Å². The molecule has 0 saturated carbocycles. The number of carbonyl (C=O) groups is 1. The number of rotatable bonds is 0. The first-order valence-electron chi connectivity index (χ1n) is 1.46. The normalized spacial score (nSPS) is 8.20. The van der Waals surface area contributed by atoms with Crippen LogP contribution in [0, 0.1) is 0 Å². The van der Waals surface area contributed by atoms with Crippen LogP contribution in [0.15, 0.2) is 0 Å². The van der Waals surface area contributed by atoms with Crippen LogP contribution in [0.3, 0.4) is 0 Å². The van der Waals surface area contributed by atoms with Crippen LogP contribution >= 0.6 is 0 Å². The smallest absolute Gasteiger partial charge is 0.726 e. The molecule has 0 aromatic heterocycles. The summed E-state index contributed by atoms with van der Waals surface area (Å²) in [7, 11) is -4.92. The van der Waals surface area contributed by atoms with E-state index in [1.807, 2.05) is 0 Å². The molecule has 0 saturated heterocycles. The van der Waals surface area contributed by atoms with E-state index in [4.69, 9.17) is 22.3 Å². The quantitative estimate of drug-likeness (QED) is 0.194. The molecule has 5 N–H and O–H groups in total. The fourth-order valence-electron chi connectivity index (χ4n) is 0. The van der Waals surface area contributed by atoms with Crippen molar-refractivity contribution in [2.24, 2.45) is 11.5 Å². The van der Waals surface area contributed by atoms with Crippen molar-refractivity contribution in [3.8, 4) is 0 Å². The molecule has 0 aliphatic carbocycles. The Morgan fingerprint density at radius 2 is 1.40 bits per heavy atom. The van der Waals surface area contributed by atoms with Crippen LogP contribution in [0.2, 0.25) is 0 Å². The summed E-state index contributed by atoms with van der Waals surface area (Å²) in [5.41, 5.74) is 8.50. The fraction of sp³-hybridized carbons (Fsp3) is 0. The first-order valence-corrected chi connectivity index (χ1v) is 2.83. The second kappa shape index (κ2) is 7.25. The number of amides is 2. The molecule has 0 spiro atoms. The van der Waals surface area contributed by atoms with Gasteiger partial charge in [0.1, 0.15) is 0 Å². The number of urea groups is 1. The van der Waals surface area contributed by atoms with Crippen molar-refractivity contribution < 1.29 is 51.9 Å². The molecule has 0 radical (unpaired) electrons. The molecule has 0 aliphatic rings. The first-order chi connectivity index (χ1) is 3.73. The summed E-state index contributed by atoms with van der Waals surface area (Å²) in [5.74, 6) is 0. The Morgan fingerprint density at radius 1 is 1.40 bits per heavy atom. The van der Waals surface area contributed by atoms with E-state index in [2.05, 4.69) is 11.5 Å². The average Bonchev–Trinajstić information content (AvgIpc) is 1.19. The Labute approximate surface area is 79.6 Å². The predicted octanol–water partition coefficient (Wildman–Crippen LogP) is -4.97. The maximum absolute atomic E-state index is 9.00. The van der Waals surface area contributed by atoms with Gasteiger partial charge in [-0.05, 0) is 0 Å². The molecular formula is CH5N2NaO5S. The zero-order chi connectivity index (χ0) is 8.08. The van der Waals surface area contributed by atoms with Crippen molar-refractivity contribution >= 4 is 16.4 Å². The van der Waals surface area contributed by atoms with Crippen molar-refractivity contribution in [3.05, 3.63) is 0 Å². The number of nitrogens with two attached hydrogens (primary N) is 2. The molecule has 0 aliphatic heterocycles. The standard InChI is InChI=1S/CH4N2O.Na.H2O4S/c2-1(3)4;;1-5(2,3)4/h(H4,2,3,4);;(H2,1,2,3,4)/q;+1;/p-1. The summed E-state index contributed by atoms with van der Waals surface area (Å²) in [6.07, 6.45) is 0. The topological polar surface area (TPSA) is 147 Å². The first kappa shape index (κ1) is 16.6. The van der Waals surface area contributed by atoms with Gasteiger partial charge in [-0.15, -0.1) is 0 Å². The Balaban J connectivity index is -0.0000000910. The third kappa shape index (κ3) is 21200. The van der Waals surface area contributed by atoms with Crippen LogP contribution in [0.5, 0.6) is 0 Å². The zero-order valence-corrected chi connectivity index (χ0v) is 7.96. The molecule has 0 rings (SSSR count). The molecule has 10 heavy (non-hydrogen) atoms. The van der Waals surface area contributed by atoms with Crippen LogP contribution in [0.25, 0.3) is 0 Å². The van der Waals surface area contributed by atoms with Gasteiger partial charge in [0.25, 0.3) is 0 Å². The molecule has 0 unspecified atom stereocenters. The van der Waals surface area contributed by atoms with Crippen molar-refractivity contribution in [1.29, 1.82) is 0 Å². The molecule has 0 fully saturated rings. The van der Waals surface area contributed by atoms with E-state index in [1.54, 1.807) is 0 Å². The van der Waals surface area contributed by atoms with Crippen molar-refractivity contribution in [3.63, 3.8) is 0 Å². The van der Waals surface area contributed by atoms with Crippen LogP contribution in [0.1, 0.15) is 0 Å². The van der Waals surface area contributed by atoms with E-state index in [-0.39, 0.29) is 29.6 Å². The van der Waals surface area contributed by atoms with Gasteiger partial charge in [-0.1, -0.05) is 0 Å². The minimum atomic E-state index is -4.92. The van der Waals surface area contributed by atoms with E-state index in [0.717, 1.165) is 0 Å². The molecule has 0 atom stereocenters. The summed E-state index contributed by atoms with van der Waals surface area (Å²) in [4.78, 5) is 9.00. The monoisotopic (exact) mass is 180 g/mol. The third-order valence-electron chi connectivity index (χ3n) is 0. The Bertz CT molecular complexity index is 162. The van der Waals surface area contributed by atoms with Crippen molar-refractivity contribution in [2.45, 2.75) is 0 Å². The number of hydrogen-bond donors (Lipinski definition) is 3. The van der Waals surface area contributed by atoms with Crippen LogP contribution in [-0.4, -0.2) is 23.6 Å². The zero-order valence-electron chi connectivity index (χ0n) is 5.14. The molecule has 0 aromatic carbocycles. The molecule has 2 amide bonds. The van der Waals surface area contributed by atoms with Gasteiger partial charge in [0.2, 0.25) is 10.4 Å². The van der Waals surface area contributed by atoms with Gasteiger partial charge in [0.05, 0.1) is 0 Å². The van der Waals surface area contributed by atoms with E-state index in [1.165, 1.54) is 0 Å². The summed E-state index contributed by atoms with van der Waals surface area (Å²) in [6.45, 7) is 0. The predicted molar refractivity (Wildman–Crippen MR) is 26.1 cm³/mol. The molecule has 9 heteroatoms. The second-order valence-corrected chi connectivity index (χ2v) is 1.69. The average molecular weight is 180 g/mol. The van der Waals surface area contributed by atoms with Crippen molar-refractivity contribution in [1.82, 2.24) is 0 Å². The number of carbonyl (C=O) groups excluding carboxylic acids is 1. The van der Waals surface area contributed by atoms with Gasteiger partial charge in [0, 0.05) is 0 Å². The van der Waals surface area contributed by atoms with E-state index in [9.17, 15) is 0 Å². The van der Waals surface area contributed by atoms with Crippen LogP contribution in [-0.2, 0) is 10.4 Å². The Kier molecular flexibility index (Phi) is 12.0. The summed E-state index contributed by atoms with van der Waals surface area (Å²) in [5, 5.41) is 0. The van der Waals surface area contributed by atoms with Crippen molar-refractivity contribution in [2.75, 3.05) is 0 Å². The molecule has 0 aromatic rings. The summed E-state index contributed by atoms with van der Waals surface area (Å²) < 4.78 is 32.8. The summed E-state index contributed by atoms with van der Waals surface area (Å²) in [6, 6.07) is -0.833. The Morgan fingerprint density at radius 3 is 1.40 bits per heavy atom. The van der Waals surface area contributed by atoms with Gasteiger partial charge >= 0.3 is 35.6 Å². The van der Waals surface area contributed by atoms with Gasteiger partial charge in [-0.2, -0.15) is 0 Å². The van der Waals surface area contributed by atoms with Crippen LogP contribution < -0.4 is 41.0 Å². The van der Waals surface area contributed by atoms with Gasteiger partial charge in [-0.25, -0.2) is 13.2 Å². The summed E-state index contributed by atoms with van der Waals surface area (Å²) >= 11 is 0. The van der Waals surface area contributed by atoms with Gasteiger partial charge in [0.15, 0.2) is 0 Å². The molecule has 0 bridgehead atoms. The van der Waals surface area contributed by atoms with E-state index in [0.29, 0.717) is 0 Å². The molecule has 56 valence electrons. The fourth-order valence-corrected chi connectivity index (χ4v) is 0. The molecule has 7 nitrogen and oxygen atoms in total. The third-order valence-corrected chi connectivity index (χ3v) is 0. The maximum Gasteiger partial charge on any atom is 1.00 e. The largest absolute Gasteiger partial charge is 1.00 e. The Hall–Kier alpha value is 0.140. The van der Waals surface area contributed by atoms with E-state index < -0.39 is 16.4 Å².